The first-order chi connectivity index (χ1) is 15.2. The molecule has 1 amide bonds. The molecule has 0 atom stereocenters. The first-order valence-corrected chi connectivity index (χ1v) is 11.0. The minimum Gasteiger partial charge on any atom is -0.490 e. The summed E-state index contributed by atoms with van der Waals surface area (Å²) in [6.07, 6.45) is 4.67. The van der Waals surface area contributed by atoms with Gasteiger partial charge in [-0.05, 0) is 67.1 Å². The Balaban J connectivity index is 1.54. The molecule has 0 bridgehead atoms. The second-order valence-electron chi connectivity index (χ2n) is 6.23. The highest BCUT2D eigenvalue weighted by molar-refractivity contribution is 7.99. The van der Waals surface area contributed by atoms with Crippen molar-refractivity contribution in [1.29, 1.82) is 0 Å². The lowest BCUT2D eigenvalue weighted by Crippen LogP contribution is -2.17. The lowest BCUT2D eigenvalue weighted by molar-refractivity contribution is 0.0955. The molecule has 0 spiro atoms. The first-order valence-electron chi connectivity index (χ1n) is 9.67. The quantitative estimate of drug-likeness (QED) is 0.200. The van der Waals surface area contributed by atoms with Crippen LogP contribution in [0.25, 0.3) is 0 Å². The molecular weight excluding hydrogens is 434 g/mol. The van der Waals surface area contributed by atoms with Gasteiger partial charge in [-0.2, -0.15) is 5.10 Å². The Kier molecular flexibility index (Phi) is 8.75. The number of nitrogens with zero attached hydrogens (tertiary/aromatic N) is 2. The summed E-state index contributed by atoms with van der Waals surface area (Å²) < 4.78 is 11.6. The third-order valence-electron chi connectivity index (χ3n) is 4.01. The molecule has 1 heterocycles. The smallest absolute Gasteiger partial charge is 0.271 e. The van der Waals surface area contributed by atoms with Gasteiger partial charge in [-0.1, -0.05) is 11.6 Å². The lowest BCUT2D eigenvalue weighted by Gasteiger charge is -2.12. The van der Waals surface area contributed by atoms with Crippen LogP contribution in [-0.2, 0) is 0 Å². The number of ether oxygens (including phenoxy) is 2. The number of nitrogens with one attached hydrogen (secondary N) is 1. The van der Waals surface area contributed by atoms with Crippen molar-refractivity contribution < 1.29 is 14.3 Å². The Morgan fingerprint density at radius 1 is 1.10 bits per heavy atom. The van der Waals surface area contributed by atoms with Gasteiger partial charge in [-0.15, -0.1) is 11.8 Å². The van der Waals surface area contributed by atoms with E-state index in [1.807, 2.05) is 49.4 Å². The highest BCUT2D eigenvalue weighted by Gasteiger charge is 2.07. The van der Waals surface area contributed by atoms with Crippen LogP contribution in [-0.4, -0.2) is 36.1 Å². The van der Waals surface area contributed by atoms with Crippen molar-refractivity contribution in [3.05, 3.63) is 83.1 Å². The van der Waals surface area contributed by atoms with E-state index in [0.717, 1.165) is 21.2 Å². The molecule has 0 aliphatic heterocycles. The van der Waals surface area contributed by atoms with Gasteiger partial charge in [0.2, 0.25) is 0 Å². The minimum atomic E-state index is -0.304. The predicted octanol–water partition coefficient (Wildman–Crippen LogP) is 5.07. The Bertz CT molecular complexity index is 1010. The SMILES string of the molecule is CCOc1cc(/C=N\NC(=O)c2ccncc2)ccc1OCCSc1ccc(Cl)cc1. The summed E-state index contributed by atoms with van der Waals surface area (Å²) in [7, 11) is 0. The molecule has 31 heavy (non-hydrogen) atoms. The lowest BCUT2D eigenvalue weighted by atomic mass is 10.2. The van der Waals surface area contributed by atoms with Crippen LogP contribution in [0.1, 0.15) is 22.8 Å². The van der Waals surface area contributed by atoms with Crippen LogP contribution in [0.5, 0.6) is 11.5 Å². The minimum absolute atomic E-state index is 0.304. The van der Waals surface area contributed by atoms with E-state index in [2.05, 4.69) is 15.5 Å². The van der Waals surface area contributed by atoms with Crippen LogP contribution in [0, 0.1) is 0 Å². The third-order valence-corrected chi connectivity index (χ3v) is 5.24. The number of hydrogen-bond donors (Lipinski definition) is 1. The van der Waals surface area contributed by atoms with Crippen molar-refractivity contribution >= 4 is 35.5 Å². The van der Waals surface area contributed by atoms with Gasteiger partial charge in [0.25, 0.3) is 5.91 Å². The van der Waals surface area contributed by atoms with E-state index in [4.69, 9.17) is 21.1 Å². The standard InChI is InChI=1S/C23H22ClN3O3S/c1-2-29-22-15-17(16-26-27-23(28)18-9-11-25-12-10-18)3-8-21(22)30-13-14-31-20-6-4-19(24)5-7-20/h3-12,15-16H,2,13-14H2,1H3,(H,27,28)/b26-16-. The number of thioether (sulfide) groups is 1. The Morgan fingerprint density at radius 3 is 2.61 bits per heavy atom. The van der Waals surface area contributed by atoms with Crippen molar-refractivity contribution in [3.8, 4) is 11.5 Å². The largest absolute Gasteiger partial charge is 0.490 e. The summed E-state index contributed by atoms with van der Waals surface area (Å²) >= 11 is 7.60. The summed E-state index contributed by atoms with van der Waals surface area (Å²) in [5.74, 6) is 1.78. The van der Waals surface area contributed by atoms with E-state index in [0.29, 0.717) is 30.3 Å². The molecule has 0 saturated heterocycles. The Hall–Kier alpha value is -3.03. The molecule has 1 aromatic heterocycles. The van der Waals surface area contributed by atoms with E-state index in [9.17, 15) is 4.79 Å². The average Bonchev–Trinajstić information content (AvgIpc) is 2.80. The Morgan fingerprint density at radius 2 is 1.87 bits per heavy atom. The fourth-order valence-electron chi connectivity index (χ4n) is 2.57. The molecule has 3 aromatic rings. The maximum atomic E-state index is 12.0. The van der Waals surface area contributed by atoms with Gasteiger partial charge in [-0.25, -0.2) is 5.43 Å². The van der Waals surface area contributed by atoms with Crippen molar-refractivity contribution in [2.75, 3.05) is 19.0 Å². The molecule has 6 nitrogen and oxygen atoms in total. The predicted molar refractivity (Wildman–Crippen MR) is 125 cm³/mol. The summed E-state index contributed by atoms with van der Waals surface area (Å²) in [6, 6.07) is 16.5. The molecule has 0 radical (unpaired) electrons. The maximum absolute atomic E-state index is 12.0. The number of hydrazone groups is 1. The Labute approximate surface area is 190 Å². The summed E-state index contributed by atoms with van der Waals surface area (Å²) in [5.41, 5.74) is 3.76. The number of carbonyl (C=O) groups excluding carboxylic acids is 1. The molecule has 0 saturated carbocycles. The fourth-order valence-corrected chi connectivity index (χ4v) is 3.42. The molecule has 3 rings (SSSR count). The molecule has 0 aliphatic carbocycles. The zero-order valence-corrected chi connectivity index (χ0v) is 18.5. The van der Waals surface area contributed by atoms with E-state index < -0.39 is 0 Å². The van der Waals surface area contributed by atoms with Crippen LogP contribution in [0.15, 0.2) is 77.0 Å². The molecule has 0 aliphatic rings. The molecule has 2 aromatic carbocycles. The number of benzene rings is 2. The number of halogens is 1. The highest BCUT2D eigenvalue weighted by Crippen LogP contribution is 2.28. The van der Waals surface area contributed by atoms with Crippen LogP contribution in [0.4, 0.5) is 0 Å². The highest BCUT2D eigenvalue weighted by atomic mass is 35.5. The van der Waals surface area contributed by atoms with E-state index >= 15 is 0 Å². The van der Waals surface area contributed by atoms with Gasteiger partial charge in [0, 0.05) is 33.6 Å². The van der Waals surface area contributed by atoms with Gasteiger partial charge in [0.15, 0.2) is 11.5 Å². The van der Waals surface area contributed by atoms with Gasteiger partial charge >= 0.3 is 0 Å². The maximum Gasteiger partial charge on any atom is 0.271 e. The van der Waals surface area contributed by atoms with Crippen molar-refractivity contribution in [1.82, 2.24) is 10.4 Å². The topological polar surface area (TPSA) is 72.8 Å². The van der Waals surface area contributed by atoms with Gasteiger partial charge in [-0.3, -0.25) is 9.78 Å². The van der Waals surface area contributed by atoms with Crippen molar-refractivity contribution in [2.45, 2.75) is 11.8 Å². The van der Waals surface area contributed by atoms with Crippen molar-refractivity contribution in [2.24, 2.45) is 5.10 Å². The van der Waals surface area contributed by atoms with Crippen LogP contribution >= 0.6 is 23.4 Å². The molecule has 160 valence electrons. The molecule has 1 N–H and O–H groups in total. The number of amides is 1. The first kappa shape index (κ1) is 22.7. The van der Waals surface area contributed by atoms with E-state index in [1.54, 1.807) is 42.5 Å². The van der Waals surface area contributed by atoms with Crippen LogP contribution < -0.4 is 14.9 Å². The zero-order chi connectivity index (χ0) is 21.9. The second kappa shape index (κ2) is 12.0. The number of aromatic nitrogens is 1. The normalized spacial score (nSPS) is 10.8. The zero-order valence-electron chi connectivity index (χ0n) is 17.0. The number of hydrogen-bond acceptors (Lipinski definition) is 6. The summed E-state index contributed by atoms with van der Waals surface area (Å²) in [4.78, 5) is 17.0. The molecule has 8 heteroatoms. The monoisotopic (exact) mass is 455 g/mol. The molecule has 0 unspecified atom stereocenters. The fraction of sp³-hybridized carbons (Fsp3) is 0.174. The van der Waals surface area contributed by atoms with Gasteiger partial charge in [0.05, 0.1) is 19.4 Å². The van der Waals surface area contributed by atoms with Crippen LogP contribution in [0.3, 0.4) is 0 Å². The number of rotatable bonds is 10. The van der Waals surface area contributed by atoms with Crippen LogP contribution in [0.2, 0.25) is 5.02 Å². The molecular formula is C23H22ClN3O3S. The van der Waals surface area contributed by atoms with Gasteiger partial charge in [0.1, 0.15) is 0 Å². The average molecular weight is 456 g/mol. The van der Waals surface area contributed by atoms with E-state index in [1.165, 1.54) is 0 Å². The van der Waals surface area contributed by atoms with Gasteiger partial charge < -0.3 is 9.47 Å². The summed E-state index contributed by atoms with van der Waals surface area (Å²) in [5, 5.41) is 4.73. The molecule has 0 fully saturated rings. The summed E-state index contributed by atoms with van der Waals surface area (Å²) in [6.45, 7) is 2.95. The second-order valence-corrected chi connectivity index (χ2v) is 7.83. The van der Waals surface area contributed by atoms with E-state index in [-0.39, 0.29) is 5.91 Å². The third kappa shape index (κ3) is 7.31. The van der Waals surface area contributed by atoms with Crippen molar-refractivity contribution in [3.63, 3.8) is 0 Å². The number of carbonyl (C=O) groups is 1. The number of pyridine rings is 1.